The Kier molecular flexibility index (Phi) is 4.95. The predicted molar refractivity (Wildman–Crippen MR) is 85.9 cm³/mol. The van der Waals surface area contributed by atoms with E-state index in [2.05, 4.69) is 22.1 Å². The lowest BCUT2D eigenvalue weighted by atomic mass is 9.93. The van der Waals surface area contributed by atoms with Crippen molar-refractivity contribution in [3.05, 3.63) is 39.3 Å². The fourth-order valence-corrected chi connectivity index (χ4v) is 4.15. The van der Waals surface area contributed by atoms with Crippen molar-refractivity contribution in [1.82, 2.24) is 14.7 Å². The first kappa shape index (κ1) is 15.0. The molecule has 21 heavy (non-hydrogen) atoms. The third-order valence-corrected chi connectivity index (χ3v) is 5.29. The van der Waals surface area contributed by atoms with Crippen LogP contribution in [0.5, 0.6) is 0 Å². The van der Waals surface area contributed by atoms with E-state index in [0.29, 0.717) is 12.5 Å². The van der Waals surface area contributed by atoms with Gasteiger partial charge >= 0.3 is 0 Å². The average Bonchev–Trinajstić information content (AvgIpc) is 3.10. The number of aliphatic hydroxyl groups is 1. The van der Waals surface area contributed by atoms with E-state index in [-0.39, 0.29) is 6.61 Å². The van der Waals surface area contributed by atoms with Crippen LogP contribution < -0.4 is 0 Å². The largest absolute Gasteiger partial charge is 0.394 e. The van der Waals surface area contributed by atoms with Crippen LogP contribution in [-0.4, -0.2) is 39.5 Å². The third-order valence-electron chi connectivity index (χ3n) is 4.08. The Morgan fingerprint density at radius 1 is 1.29 bits per heavy atom. The number of piperidine rings is 1. The zero-order valence-corrected chi connectivity index (χ0v) is 13.5. The molecule has 114 valence electrons. The number of aromatic nitrogens is 2. The Labute approximate surface area is 134 Å². The fourth-order valence-electron chi connectivity index (χ4n) is 3.02. The zero-order valence-electron chi connectivity index (χ0n) is 11.9. The molecule has 3 rings (SSSR count). The van der Waals surface area contributed by atoms with Crippen molar-refractivity contribution in [3.8, 4) is 0 Å². The minimum absolute atomic E-state index is 0.145. The molecule has 6 heteroatoms. The molecule has 1 N–H and O–H groups in total. The molecule has 0 aliphatic carbocycles. The predicted octanol–water partition coefficient (Wildman–Crippen LogP) is 2.97. The molecule has 0 atom stereocenters. The molecule has 2 aromatic heterocycles. The number of hydrogen-bond acceptors (Lipinski definition) is 4. The monoisotopic (exact) mass is 325 g/mol. The van der Waals surface area contributed by atoms with E-state index >= 15 is 0 Å². The summed E-state index contributed by atoms with van der Waals surface area (Å²) in [5.74, 6) is 0.558. The van der Waals surface area contributed by atoms with Gasteiger partial charge in [0.05, 0.1) is 17.5 Å². The van der Waals surface area contributed by atoms with Crippen molar-refractivity contribution in [1.29, 1.82) is 0 Å². The Bertz CT molecular complexity index is 575. The Morgan fingerprint density at radius 3 is 2.76 bits per heavy atom. The molecule has 0 radical (unpaired) electrons. The van der Waals surface area contributed by atoms with Crippen LogP contribution in [0, 0.1) is 0 Å². The molecule has 0 spiro atoms. The van der Waals surface area contributed by atoms with E-state index in [4.69, 9.17) is 16.7 Å². The van der Waals surface area contributed by atoms with Gasteiger partial charge in [-0.15, -0.1) is 11.3 Å². The Hall–Kier alpha value is -0.880. The van der Waals surface area contributed by atoms with Crippen LogP contribution in [0.3, 0.4) is 0 Å². The summed E-state index contributed by atoms with van der Waals surface area (Å²) in [4.78, 5) is 3.83. The minimum Gasteiger partial charge on any atom is -0.394 e. The normalized spacial score (nSPS) is 17.4. The van der Waals surface area contributed by atoms with Gasteiger partial charge in [-0.2, -0.15) is 5.10 Å². The summed E-state index contributed by atoms with van der Waals surface area (Å²) in [5.41, 5.74) is 1.27. The van der Waals surface area contributed by atoms with Crippen LogP contribution in [0.1, 0.15) is 29.3 Å². The van der Waals surface area contributed by atoms with Gasteiger partial charge in [-0.1, -0.05) is 11.6 Å². The van der Waals surface area contributed by atoms with E-state index in [0.717, 1.165) is 36.8 Å². The molecule has 4 nitrogen and oxygen atoms in total. The van der Waals surface area contributed by atoms with Crippen molar-refractivity contribution in [3.63, 3.8) is 0 Å². The third kappa shape index (κ3) is 3.66. The van der Waals surface area contributed by atoms with Gasteiger partial charge in [0.15, 0.2) is 0 Å². The van der Waals surface area contributed by atoms with Crippen LogP contribution in [0.25, 0.3) is 0 Å². The SMILES string of the molecule is OCCn1nccc1C1CCN(Cc2ccc(Cl)s2)CC1. The van der Waals surface area contributed by atoms with E-state index < -0.39 is 0 Å². The maximum Gasteiger partial charge on any atom is 0.0931 e. The molecule has 0 bridgehead atoms. The average molecular weight is 326 g/mol. The lowest BCUT2D eigenvalue weighted by Crippen LogP contribution is -2.33. The molecule has 0 unspecified atom stereocenters. The van der Waals surface area contributed by atoms with E-state index in [9.17, 15) is 0 Å². The molecule has 2 aromatic rings. The first-order valence-electron chi connectivity index (χ1n) is 7.35. The summed E-state index contributed by atoms with van der Waals surface area (Å²) in [6, 6.07) is 6.19. The number of aliphatic hydroxyl groups excluding tert-OH is 1. The maximum atomic E-state index is 9.09. The van der Waals surface area contributed by atoms with Gasteiger partial charge in [0, 0.05) is 29.2 Å². The van der Waals surface area contributed by atoms with Gasteiger partial charge < -0.3 is 5.11 Å². The van der Waals surface area contributed by atoms with E-state index in [1.165, 1.54) is 10.6 Å². The highest BCUT2D eigenvalue weighted by atomic mass is 35.5. The second-order valence-electron chi connectivity index (χ2n) is 5.46. The van der Waals surface area contributed by atoms with Crippen LogP contribution in [-0.2, 0) is 13.1 Å². The molecule has 1 aliphatic rings. The number of likely N-dealkylation sites (tertiary alicyclic amines) is 1. The smallest absolute Gasteiger partial charge is 0.0931 e. The van der Waals surface area contributed by atoms with Crippen LogP contribution in [0.4, 0.5) is 0 Å². The Morgan fingerprint density at radius 2 is 2.10 bits per heavy atom. The topological polar surface area (TPSA) is 41.3 Å². The number of halogens is 1. The lowest BCUT2D eigenvalue weighted by Gasteiger charge is -2.31. The van der Waals surface area contributed by atoms with Gasteiger partial charge in [0.2, 0.25) is 0 Å². The first-order valence-corrected chi connectivity index (χ1v) is 8.55. The van der Waals surface area contributed by atoms with Gasteiger partial charge in [0.1, 0.15) is 0 Å². The highest BCUT2D eigenvalue weighted by Gasteiger charge is 2.23. The number of hydrogen-bond donors (Lipinski definition) is 1. The highest BCUT2D eigenvalue weighted by Crippen LogP contribution is 2.30. The fraction of sp³-hybridized carbons (Fsp3) is 0.533. The van der Waals surface area contributed by atoms with Crippen molar-refractivity contribution in [2.24, 2.45) is 0 Å². The van der Waals surface area contributed by atoms with Crippen molar-refractivity contribution in [2.45, 2.75) is 31.8 Å². The van der Waals surface area contributed by atoms with Crippen LogP contribution in [0.2, 0.25) is 4.34 Å². The Balaban J connectivity index is 1.56. The standard InChI is InChI=1S/C15H20ClN3OS/c16-15-2-1-13(21-15)11-18-7-4-12(5-8-18)14-3-6-17-19(14)9-10-20/h1-3,6,12,20H,4-5,7-11H2. The number of rotatable bonds is 5. The molecule has 0 amide bonds. The first-order chi connectivity index (χ1) is 10.3. The molecule has 0 saturated carbocycles. The van der Waals surface area contributed by atoms with Crippen molar-refractivity contribution < 1.29 is 5.11 Å². The molecule has 0 aromatic carbocycles. The zero-order chi connectivity index (χ0) is 14.7. The molecule has 1 fully saturated rings. The van der Waals surface area contributed by atoms with E-state index in [1.807, 2.05) is 16.9 Å². The van der Waals surface area contributed by atoms with Crippen molar-refractivity contribution >= 4 is 22.9 Å². The summed E-state index contributed by atoms with van der Waals surface area (Å²) in [6.45, 7) is 3.94. The second-order valence-corrected chi connectivity index (χ2v) is 7.26. The van der Waals surface area contributed by atoms with Gasteiger partial charge in [0.25, 0.3) is 0 Å². The maximum absolute atomic E-state index is 9.09. The summed E-state index contributed by atoms with van der Waals surface area (Å²) in [7, 11) is 0. The van der Waals surface area contributed by atoms with Gasteiger partial charge in [-0.25, -0.2) is 0 Å². The number of thiophene rings is 1. The molecular formula is C15H20ClN3OS. The molecular weight excluding hydrogens is 306 g/mol. The van der Waals surface area contributed by atoms with Crippen molar-refractivity contribution in [2.75, 3.05) is 19.7 Å². The minimum atomic E-state index is 0.145. The molecule has 1 saturated heterocycles. The lowest BCUT2D eigenvalue weighted by molar-refractivity contribution is 0.200. The van der Waals surface area contributed by atoms with Gasteiger partial charge in [-0.3, -0.25) is 9.58 Å². The number of nitrogens with zero attached hydrogens (tertiary/aromatic N) is 3. The molecule has 3 heterocycles. The van der Waals surface area contributed by atoms with E-state index in [1.54, 1.807) is 11.3 Å². The quantitative estimate of drug-likeness (QED) is 0.919. The summed E-state index contributed by atoms with van der Waals surface area (Å²) >= 11 is 7.66. The van der Waals surface area contributed by atoms with Gasteiger partial charge in [-0.05, 0) is 44.1 Å². The molecule has 1 aliphatic heterocycles. The highest BCUT2D eigenvalue weighted by molar-refractivity contribution is 7.16. The summed E-state index contributed by atoms with van der Waals surface area (Å²) < 4.78 is 2.81. The van der Waals surface area contributed by atoms with Crippen LogP contribution >= 0.6 is 22.9 Å². The summed E-state index contributed by atoms with van der Waals surface area (Å²) in [5, 5.41) is 13.4. The summed E-state index contributed by atoms with van der Waals surface area (Å²) in [6.07, 6.45) is 4.14. The second kappa shape index (κ2) is 6.92. The van der Waals surface area contributed by atoms with Crippen LogP contribution in [0.15, 0.2) is 24.4 Å².